The molecule has 1 atom stereocenters. The van der Waals surface area contributed by atoms with Crippen molar-refractivity contribution in [2.75, 3.05) is 6.54 Å². The summed E-state index contributed by atoms with van der Waals surface area (Å²) in [6.07, 6.45) is 0.662. The molecular weight excluding hydrogens is 374 g/mol. The van der Waals surface area contributed by atoms with Gasteiger partial charge < -0.3 is 14.8 Å². The number of ether oxygens (including phenoxy) is 2. The summed E-state index contributed by atoms with van der Waals surface area (Å²) in [5.41, 5.74) is 3.04. The van der Waals surface area contributed by atoms with E-state index >= 15 is 0 Å². The van der Waals surface area contributed by atoms with E-state index in [4.69, 9.17) is 9.47 Å². The molecule has 1 aliphatic heterocycles. The third kappa shape index (κ3) is 4.65. The van der Waals surface area contributed by atoms with Gasteiger partial charge in [0.1, 0.15) is 23.4 Å². The van der Waals surface area contributed by atoms with Crippen molar-refractivity contribution in [1.82, 2.24) is 5.32 Å². The molecule has 154 valence electrons. The highest BCUT2D eigenvalue weighted by Crippen LogP contribution is 2.33. The first-order chi connectivity index (χ1) is 14.4. The molecule has 1 amide bonds. The first-order valence-electron chi connectivity index (χ1n) is 10.3. The monoisotopic (exact) mass is 401 g/mol. The van der Waals surface area contributed by atoms with E-state index in [0.717, 1.165) is 29.2 Å². The van der Waals surface area contributed by atoms with E-state index < -0.39 is 0 Å². The standard InChI is InChI=1S/C26H27NO3/c1-26(2,3)20-11-9-18(10-12-20)25(28)27-17-23-16-19-15-22(13-14-24(19)30-23)29-21-7-5-4-6-8-21/h4-15,23H,16-17H2,1-3H3,(H,27,28). The Balaban J connectivity index is 1.33. The topological polar surface area (TPSA) is 47.6 Å². The predicted molar refractivity (Wildman–Crippen MR) is 119 cm³/mol. The quantitative estimate of drug-likeness (QED) is 0.613. The van der Waals surface area contributed by atoms with Crippen LogP contribution in [0.2, 0.25) is 0 Å². The van der Waals surface area contributed by atoms with Crippen LogP contribution in [0.15, 0.2) is 72.8 Å². The second kappa shape index (κ2) is 8.23. The van der Waals surface area contributed by atoms with Crippen molar-refractivity contribution in [3.63, 3.8) is 0 Å². The van der Waals surface area contributed by atoms with Gasteiger partial charge in [-0.05, 0) is 53.4 Å². The maximum atomic E-state index is 12.5. The van der Waals surface area contributed by atoms with Gasteiger partial charge in [-0.15, -0.1) is 0 Å². The second-order valence-corrected chi connectivity index (χ2v) is 8.67. The molecule has 1 N–H and O–H groups in total. The number of amides is 1. The van der Waals surface area contributed by atoms with Gasteiger partial charge in [0.15, 0.2) is 0 Å². The van der Waals surface area contributed by atoms with E-state index in [9.17, 15) is 4.79 Å². The van der Waals surface area contributed by atoms with Crippen LogP contribution in [0.1, 0.15) is 42.3 Å². The fraction of sp³-hybridized carbons (Fsp3) is 0.269. The lowest BCUT2D eigenvalue weighted by atomic mass is 9.87. The average Bonchev–Trinajstić information content (AvgIpc) is 3.14. The fourth-order valence-corrected chi connectivity index (χ4v) is 3.53. The summed E-state index contributed by atoms with van der Waals surface area (Å²) in [4.78, 5) is 12.5. The molecule has 0 bridgehead atoms. The molecule has 0 aliphatic carbocycles. The number of carbonyl (C=O) groups excluding carboxylic acids is 1. The van der Waals surface area contributed by atoms with Gasteiger partial charge >= 0.3 is 0 Å². The van der Waals surface area contributed by atoms with Crippen molar-refractivity contribution in [1.29, 1.82) is 0 Å². The van der Waals surface area contributed by atoms with Gasteiger partial charge in [-0.3, -0.25) is 4.79 Å². The molecule has 3 aromatic rings. The van der Waals surface area contributed by atoms with Gasteiger partial charge in [0, 0.05) is 17.5 Å². The van der Waals surface area contributed by atoms with Crippen molar-refractivity contribution in [2.45, 2.75) is 38.7 Å². The Morgan fingerprint density at radius 2 is 1.73 bits per heavy atom. The molecule has 1 unspecified atom stereocenters. The molecule has 30 heavy (non-hydrogen) atoms. The molecule has 0 saturated heterocycles. The Morgan fingerprint density at radius 3 is 2.43 bits per heavy atom. The predicted octanol–water partition coefficient (Wildman–Crippen LogP) is 5.51. The number of fused-ring (bicyclic) bond motifs is 1. The van der Waals surface area contributed by atoms with Crippen LogP contribution in [-0.4, -0.2) is 18.6 Å². The van der Waals surface area contributed by atoms with Crippen molar-refractivity contribution in [2.24, 2.45) is 0 Å². The Bertz CT molecular complexity index is 1020. The maximum Gasteiger partial charge on any atom is 0.251 e. The van der Waals surface area contributed by atoms with Crippen molar-refractivity contribution in [3.8, 4) is 17.2 Å². The molecule has 3 aromatic carbocycles. The smallest absolute Gasteiger partial charge is 0.251 e. The van der Waals surface area contributed by atoms with E-state index in [2.05, 4.69) is 26.1 Å². The molecule has 0 fully saturated rings. The molecule has 0 spiro atoms. The van der Waals surface area contributed by atoms with Crippen molar-refractivity contribution >= 4 is 5.91 Å². The summed E-state index contributed by atoms with van der Waals surface area (Å²) in [5.74, 6) is 2.36. The number of benzene rings is 3. The number of para-hydroxylation sites is 1. The molecule has 1 aliphatic rings. The van der Waals surface area contributed by atoms with Gasteiger partial charge in [0.05, 0.1) is 6.54 Å². The lowest BCUT2D eigenvalue weighted by Crippen LogP contribution is -2.34. The van der Waals surface area contributed by atoms with Crippen molar-refractivity contribution < 1.29 is 14.3 Å². The molecule has 1 heterocycles. The van der Waals surface area contributed by atoms with E-state index in [-0.39, 0.29) is 17.4 Å². The lowest BCUT2D eigenvalue weighted by Gasteiger charge is -2.19. The highest BCUT2D eigenvalue weighted by molar-refractivity contribution is 5.94. The highest BCUT2D eigenvalue weighted by Gasteiger charge is 2.24. The number of nitrogens with one attached hydrogen (secondary N) is 1. The van der Waals surface area contributed by atoms with E-state index in [1.54, 1.807) is 0 Å². The highest BCUT2D eigenvalue weighted by atomic mass is 16.5. The van der Waals surface area contributed by atoms with Crippen LogP contribution in [0.25, 0.3) is 0 Å². The maximum absolute atomic E-state index is 12.5. The zero-order valence-electron chi connectivity index (χ0n) is 17.6. The van der Waals surface area contributed by atoms with Crippen molar-refractivity contribution in [3.05, 3.63) is 89.5 Å². The minimum atomic E-state index is -0.0804. The molecule has 4 nitrogen and oxygen atoms in total. The third-order valence-electron chi connectivity index (χ3n) is 5.26. The molecule has 0 saturated carbocycles. The van der Waals surface area contributed by atoms with E-state index in [1.165, 1.54) is 5.56 Å². The number of hydrogen-bond acceptors (Lipinski definition) is 3. The summed E-state index contributed by atoms with van der Waals surface area (Å²) in [5, 5.41) is 2.99. The zero-order valence-corrected chi connectivity index (χ0v) is 17.6. The largest absolute Gasteiger partial charge is 0.488 e. The van der Waals surface area contributed by atoms with Gasteiger partial charge in [0.2, 0.25) is 0 Å². The van der Waals surface area contributed by atoms with Crippen LogP contribution in [0.4, 0.5) is 0 Å². The number of rotatable bonds is 5. The molecular formula is C26H27NO3. The first kappa shape index (κ1) is 20.0. The minimum absolute atomic E-state index is 0.0710. The summed E-state index contributed by atoms with van der Waals surface area (Å²) in [6, 6.07) is 23.4. The number of carbonyl (C=O) groups is 1. The van der Waals surface area contributed by atoms with Crippen LogP contribution in [0, 0.1) is 0 Å². The summed E-state index contributed by atoms with van der Waals surface area (Å²) in [6.45, 7) is 6.94. The van der Waals surface area contributed by atoms with Gasteiger partial charge in [-0.1, -0.05) is 51.1 Å². The van der Waals surface area contributed by atoms with Gasteiger partial charge in [0.25, 0.3) is 5.91 Å². The second-order valence-electron chi connectivity index (χ2n) is 8.67. The molecule has 0 aromatic heterocycles. The van der Waals surface area contributed by atoms with Gasteiger partial charge in [-0.2, -0.15) is 0 Å². The Labute approximate surface area is 177 Å². The molecule has 4 heteroatoms. The summed E-state index contributed by atoms with van der Waals surface area (Å²) >= 11 is 0. The normalized spacial score (nSPS) is 15.2. The SMILES string of the molecule is CC(C)(C)c1ccc(C(=O)NCC2Cc3cc(Oc4ccccc4)ccc3O2)cc1. The Kier molecular flexibility index (Phi) is 5.49. The number of hydrogen-bond donors (Lipinski definition) is 1. The van der Waals surface area contributed by atoms with Crippen LogP contribution in [0.5, 0.6) is 17.2 Å². The fourth-order valence-electron chi connectivity index (χ4n) is 3.53. The minimum Gasteiger partial charge on any atom is -0.488 e. The van der Waals surface area contributed by atoms with Crippen LogP contribution < -0.4 is 14.8 Å². The lowest BCUT2D eigenvalue weighted by molar-refractivity contribution is 0.0933. The summed E-state index contributed by atoms with van der Waals surface area (Å²) in [7, 11) is 0. The summed E-state index contributed by atoms with van der Waals surface area (Å²) < 4.78 is 11.9. The Morgan fingerprint density at radius 1 is 1.00 bits per heavy atom. The van der Waals surface area contributed by atoms with Crippen LogP contribution in [0.3, 0.4) is 0 Å². The third-order valence-corrected chi connectivity index (χ3v) is 5.26. The van der Waals surface area contributed by atoms with E-state index in [1.807, 2.05) is 72.8 Å². The Hall–Kier alpha value is -3.27. The zero-order chi connectivity index (χ0) is 21.1. The van der Waals surface area contributed by atoms with Gasteiger partial charge in [-0.25, -0.2) is 0 Å². The van der Waals surface area contributed by atoms with E-state index in [0.29, 0.717) is 12.1 Å². The molecule has 4 rings (SSSR count). The average molecular weight is 402 g/mol. The molecule has 0 radical (unpaired) electrons. The van der Waals surface area contributed by atoms with Crippen LogP contribution >= 0.6 is 0 Å². The van der Waals surface area contributed by atoms with Crippen LogP contribution in [-0.2, 0) is 11.8 Å². The first-order valence-corrected chi connectivity index (χ1v) is 10.3.